The molecule has 2 atom stereocenters. The number of nitrogens with zero attached hydrogens (tertiary/aromatic N) is 4. The van der Waals surface area contributed by atoms with Crippen LogP contribution in [0.4, 0.5) is 0 Å². The second-order valence-electron chi connectivity index (χ2n) is 10.8. The second kappa shape index (κ2) is 8.61. The normalized spacial score (nSPS) is 25.2. The van der Waals surface area contributed by atoms with Crippen LogP contribution in [0, 0.1) is 11.8 Å². The maximum absolute atomic E-state index is 13.8. The van der Waals surface area contributed by atoms with Crippen molar-refractivity contribution in [1.29, 1.82) is 0 Å². The van der Waals surface area contributed by atoms with Crippen molar-refractivity contribution >= 4 is 43.3 Å². The third-order valence-corrected chi connectivity index (χ3v) is 9.55. The number of likely N-dealkylation sites (tertiary alicyclic amines) is 1. The molecule has 2 saturated heterocycles. The van der Waals surface area contributed by atoms with Crippen molar-refractivity contribution in [3.63, 3.8) is 0 Å². The lowest BCUT2D eigenvalue weighted by Crippen LogP contribution is -2.44. The van der Waals surface area contributed by atoms with E-state index in [9.17, 15) is 9.59 Å². The summed E-state index contributed by atoms with van der Waals surface area (Å²) in [6.07, 6.45) is 5.59. The molecule has 36 heavy (non-hydrogen) atoms. The van der Waals surface area contributed by atoms with Gasteiger partial charge in [-0.3, -0.25) is 14.0 Å². The number of thiazole rings is 1. The number of fused-ring (bicyclic) bond motifs is 6. The molecule has 3 fully saturated rings. The smallest absolute Gasteiger partial charge is 0.258 e. The molecule has 9 heteroatoms. The molecule has 0 spiro atoms. The SMILES string of the molecule is CN1CC2CC(c3ncc4c(=O)c(C(=O)NC5CCNCC5)c5sc6ccccc6n5c4n3)CC2C1. The average Bonchev–Trinajstić information content (AvgIpc) is 3.55. The first-order chi connectivity index (χ1) is 17.6. The van der Waals surface area contributed by atoms with Gasteiger partial charge >= 0.3 is 0 Å². The molecule has 0 bridgehead atoms. The van der Waals surface area contributed by atoms with Crippen LogP contribution < -0.4 is 16.1 Å². The molecule has 0 radical (unpaired) electrons. The van der Waals surface area contributed by atoms with Gasteiger partial charge in [-0.25, -0.2) is 9.97 Å². The van der Waals surface area contributed by atoms with Crippen molar-refractivity contribution < 1.29 is 4.79 Å². The van der Waals surface area contributed by atoms with Crippen molar-refractivity contribution in [3.05, 3.63) is 52.1 Å². The van der Waals surface area contributed by atoms with Crippen LogP contribution >= 0.6 is 11.3 Å². The van der Waals surface area contributed by atoms with E-state index in [1.807, 2.05) is 28.7 Å². The van der Waals surface area contributed by atoms with E-state index < -0.39 is 0 Å². The van der Waals surface area contributed by atoms with Crippen LogP contribution in [0.2, 0.25) is 0 Å². The van der Waals surface area contributed by atoms with Crippen LogP contribution in [0.25, 0.3) is 26.1 Å². The summed E-state index contributed by atoms with van der Waals surface area (Å²) in [6, 6.07) is 8.12. The molecular weight excluding hydrogens is 472 g/mol. The minimum absolute atomic E-state index is 0.0720. The van der Waals surface area contributed by atoms with Gasteiger partial charge < -0.3 is 15.5 Å². The largest absolute Gasteiger partial charge is 0.349 e. The number of benzene rings is 1. The Balaban J connectivity index is 1.37. The van der Waals surface area contributed by atoms with Crippen LogP contribution in [-0.2, 0) is 0 Å². The highest BCUT2D eigenvalue weighted by molar-refractivity contribution is 7.24. The van der Waals surface area contributed by atoms with Crippen molar-refractivity contribution in [2.24, 2.45) is 11.8 Å². The van der Waals surface area contributed by atoms with Crippen molar-refractivity contribution in [2.75, 3.05) is 33.2 Å². The van der Waals surface area contributed by atoms with Gasteiger partial charge in [-0.15, -0.1) is 11.3 Å². The standard InChI is InChI=1S/C27H30N6O2S/c1-32-13-16-10-15(11-17(16)14-32)24-29-12-19-23(34)22(26(35)30-18-6-8-28-9-7-18)27-33(25(19)31-24)20-4-2-3-5-21(20)36-27/h2-5,12,15-18,28H,6-11,13-14H2,1H3,(H,30,35). The third kappa shape index (κ3) is 3.55. The number of pyridine rings is 1. The van der Waals surface area contributed by atoms with Crippen LogP contribution in [-0.4, -0.2) is 64.4 Å². The average molecular weight is 503 g/mol. The predicted octanol–water partition coefficient (Wildman–Crippen LogP) is 2.99. The molecule has 7 rings (SSSR count). The van der Waals surface area contributed by atoms with Gasteiger partial charge in [0.25, 0.3) is 5.91 Å². The Kier molecular flexibility index (Phi) is 5.34. The number of amides is 1. The van der Waals surface area contributed by atoms with Gasteiger partial charge in [0, 0.05) is 31.2 Å². The van der Waals surface area contributed by atoms with Crippen molar-refractivity contribution in [2.45, 2.75) is 37.6 Å². The molecule has 186 valence electrons. The van der Waals surface area contributed by atoms with Gasteiger partial charge in [0.05, 0.1) is 15.6 Å². The Morgan fingerprint density at radius 3 is 2.67 bits per heavy atom. The molecule has 3 aliphatic rings. The minimum atomic E-state index is -0.297. The number of nitrogens with one attached hydrogen (secondary N) is 2. The maximum Gasteiger partial charge on any atom is 0.258 e. The summed E-state index contributed by atoms with van der Waals surface area (Å²) in [6.45, 7) is 4.03. The van der Waals surface area contributed by atoms with E-state index in [-0.39, 0.29) is 22.9 Å². The molecule has 1 aromatic carbocycles. The summed E-state index contributed by atoms with van der Waals surface area (Å²) in [4.78, 5) is 40.1. The highest BCUT2D eigenvalue weighted by atomic mass is 32.1. The molecule has 3 aromatic heterocycles. The highest BCUT2D eigenvalue weighted by Crippen LogP contribution is 2.45. The summed E-state index contributed by atoms with van der Waals surface area (Å²) in [7, 11) is 2.20. The first-order valence-electron chi connectivity index (χ1n) is 13.0. The minimum Gasteiger partial charge on any atom is -0.349 e. The zero-order valence-corrected chi connectivity index (χ0v) is 21.2. The fourth-order valence-electron chi connectivity index (χ4n) is 6.67. The quantitative estimate of drug-likeness (QED) is 0.448. The molecule has 1 saturated carbocycles. The van der Waals surface area contributed by atoms with Crippen LogP contribution in [0.5, 0.6) is 0 Å². The van der Waals surface area contributed by atoms with E-state index in [2.05, 4.69) is 22.6 Å². The number of hydrogen-bond acceptors (Lipinski definition) is 7. The van der Waals surface area contributed by atoms with E-state index in [1.165, 1.54) is 11.3 Å². The monoisotopic (exact) mass is 502 g/mol. The number of rotatable bonds is 3. The first-order valence-corrected chi connectivity index (χ1v) is 13.8. The first kappa shape index (κ1) is 22.3. The fraction of sp³-hybridized carbons (Fsp3) is 0.481. The van der Waals surface area contributed by atoms with Crippen LogP contribution in [0.3, 0.4) is 0 Å². The van der Waals surface area contributed by atoms with Crippen LogP contribution in [0.15, 0.2) is 35.3 Å². The zero-order valence-electron chi connectivity index (χ0n) is 20.4. The Labute approximate surface area is 212 Å². The molecule has 5 heterocycles. The molecular formula is C27H30N6O2S. The molecule has 4 aromatic rings. The topological polar surface area (TPSA) is 91.6 Å². The van der Waals surface area contributed by atoms with E-state index in [0.29, 0.717) is 33.6 Å². The Morgan fingerprint density at radius 2 is 1.89 bits per heavy atom. The predicted molar refractivity (Wildman–Crippen MR) is 142 cm³/mol. The van der Waals surface area contributed by atoms with E-state index in [0.717, 1.165) is 67.9 Å². The fourth-order valence-corrected chi connectivity index (χ4v) is 7.86. The second-order valence-corrected chi connectivity index (χ2v) is 11.8. The van der Waals surface area contributed by atoms with Gasteiger partial charge in [-0.1, -0.05) is 12.1 Å². The summed E-state index contributed by atoms with van der Waals surface area (Å²) >= 11 is 1.48. The highest BCUT2D eigenvalue weighted by Gasteiger charge is 2.41. The van der Waals surface area contributed by atoms with Crippen molar-refractivity contribution in [3.8, 4) is 0 Å². The molecule has 8 nitrogen and oxygen atoms in total. The summed E-state index contributed by atoms with van der Waals surface area (Å²) in [5.41, 5.74) is 1.51. The summed E-state index contributed by atoms with van der Waals surface area (Å²) < 4.78 is 3.04. The van der Waals surface area contributed by atoms with Gasteiger partial charge in [-0.2, -0.15) is 0 Å². The lowest BCUT2D eigenvalue weighted by Gasteiger charge is -2.23. The molecule has 1 amide bonds. The third-order valence-electron chi connectivity index (χ3n) is 8.40. The van der Waals surface area contributed by atoms with E-state index >= 15 is 0 Å². The summed E-state index contributed by atoms with van der Waals surface area (Å²) in [5, 5.41) is 6.86. The van der Waals surface area contributed by atoms with E-state index in [1.54, 1.807) is 6.20 Å². The molecule has 2 N–H and O–H groups in total. The molecule has 2 aliphatic heterocycles. The number of hydrogen-bond donors (Lipinski definition) is 2. The van der Waals surface area contributed by atoms with Gasteiger partial charge in [-0.05, 0) is 69.8 Å². The maximum atomic E-state index is 13.8. The molecule has 1 aliphatic carbocycles. The zero-order chi connectivity index (χ0) is 24.4. The molecule has 2 unspecified atom stereocenters. The van der Waals surface area contributed by atoms with Crippen LogP contribution in [0.1, 0.15) is 47.8 Å². The van der Waals surface area contributed by atoms with E-state index in [4.69, 9.17) is 9.97 Å². The lowest BCUT2D eigenvalue weighted by atomic mass is 10.0. The number of carbonyl (C=O) groups excluding carboxylic acids is 1. The lowest BCUT2D eigenvalue weighted by molar-refractivity contribution is 0.0930. The van der Waals surface area contributed by atoms with Crippen molar-refractivity contribution in [1.82, 2.24) is 29.9 Å². The summed E-state index contributed by atoms with van der Waals surface area (Å²) in [5.74, 6) is 2.25. The number of piperidine rings is 1. The number of para-hydroxylation sites is 1. The van der Waals surface area contributed by atoms with Gasteiger partial charge in [0.15, 0.2) is 5.65 Å². The Bertz CT molecular complexity index is 1540. The number of aromatic nitrogens is 3. The Morgan fingerprint density at radius 1 is 1.14 bits per heavy atom. The van der Waals surface area contributed by atoms with Gasteiger partial charge in [0.2, 0.25) is 5.43 Å². The van der Waals surface area contributed by atoms with Gasteiger partial charge in [0.1, 0.15) is 16.2 Å². The number of carbonyl (C=O) groups is 1. The Hall–Kier alpha value is -2.88.